The van der Waals surface area contributed by atoms with Gasteiger partial charge in [-0.25, -0.2) is 4.21 Å². The van der Waals surface area contributed by atoms with Crippen molar-refractivity contribution in [3.63, 3.8) is 0 Å². The normalized spacial score (nSPS) is 13.2. The molecule has 0 saturated carbocycles. The standard InChI is InChI=1S/C9H13NO2S/c1-7(2)9-8(6-13(11)12)4-3-5-10-9/h3-5,7H,6H2,1-2H3,(H,11,12). The minimum Gasteiger partial charge on any atom is -0.306 e. The van der Waals surface area contributed by atoms with Gasteiger partial charge in [-0.15, -0.1) is 0 Å². The molecule has 1 atom stereocenters. The monoisotopic (exact) mass is 199 g/mol. The number of hydrogen-bond acceptors (Lipinski definition) is 2. The van der Waals surface area contributed by atoms with Crippen molar-refractivity contribution in [3.8, 4) is 0 Å². The summed E-state index contributed by atoms with van der Waals surface area (Å²) < 4.78 is 19.4. The van der Waals surface area contributed by atoms with Crippen LogP contribution in [0.5, 0.6) is 0 Å². The molecule has 0 saturated heterocycles. The summed E-state index contributed by atoms with van der Waals surface area (Å²) in [6, 6.07) is 3.63. The molecule has 1 aromatic heterocycles. The van der Waals surface area contributed by atoms with E-state index in [2.05, 4.69) is 4.98 Å². The smallest absolute Gasteiger partial charge is 0.157 e. The van der Waals surface area contributed by atoms with Crippen molar-refractivity contribution in [1.82, 2.24) is 4.98 Å². The maximum Gasteiger partial charge on any atom is 0.157 e. The maximum atomic E-state index is 10.6. The van der Waals surface area contributed by atoms with E-state index in [4.69, 9.17) is 4.55 Å². The van der Waals surface area contributed by atoms with Crippen LogP contribution in [0.2, 0.25) is 0 Å². The molecule has 0 aromatic carbocycles. The van der Waals surface area contributed by atoms with Gasteiger partial charge in [-0.1, -0.05) is 19.9 Å². The summed E-state index contributed by atoms with van der Waals surface area (Å²) in [5.74, 6) is 0.459. The van der Waals surface area contributed by atoms with Gasteiger partial charge in [0.15, 0.2) is 11.1 Å². The molecular weight excluding hydrogens is 186 g/mol. The molecule has 0 amide bonds. The highest BCUT2D eigenvalue weighted by molar-refractivity contribution is 7.78. The van der Waals surface area contributed by atoms with Crippen molar-refractivity contribution in [1.29, 1.82) is 0 Å². The van der Waals surface area contributed by atoms with Crippen LogP contribution >= 0.6 is 0 Å². The van der Waals surface area contributed by atoms with Crippen molar-refractivity contribution in [2.75, 3.05) is 0 Å². The van der Waals surface area contributed by atoms with Gasteiger partial charge in [-0.05, 0) is 17.5 Å². The van der Waals surface area contributed by atoms with Crippen LogP contribution in [-0.2, 0) is 16.8 Å². The Morgan fingerprint density at radius 3 is 2.85 bits per heavy atom. The predicted octanol–water partition coefficient (Wildman–Crippen LogP) is 1.93. The van der Waals surface area contributed by atoms with E-state index in [0.717, 1.165) is 11.3 Å². The van der Waals surface area contributed by atoms with E-state index < -0.39 is 11.1 Å². The van der Waals surface area contributed by atoms with Gasteiger partial charge < -0.3 is 4.55 Å². The molecule has 1 aromatic rings. The fraction of sp³-hybridized carbons (Fsp3) is 0.444. The quantitative estimate of drug-likeness (QED) is 0.757. The SMILES string of the molecule is CC(C)c1ncccc1CS(=O)O. The van der Waals surface area contributed by atoms with Crippen LogP contribution in [0.25, 0.3) is 0 Å². The molecule has 0 aliphatic carbocycles. The molecule has 4 heteroatoms. The Labute approximate surface area is 80.5 Å². The summed E-state index contributed by atoms with van der Waals surface area (Å²) in [4.78, 5) is 4.19. The Morgan fingerprint density at radius 1 is 1.62 bits per heavy atom. The average molecular weight is 199 g/mol. The molecule has 1 rings (SSSR count). The first-order valence-corrected chi connectivity index (χ1v) is 5.40. The second-order valence-corrected chi connectivity index (χ2v) is 4.10. The van der Waals surface area contributed by atoms with Crippen LogP contribution in [0.15, 0.2) is 18.3 Å². The predicted molar refractivity (Wildman–Crippen MR) is 52.8 cm³/mol. The Kier molecular flexibility index (Phi) is 3.57. The zero-order chi connectivity index (χ0) is 9.84. The van der Waals surface area contributed by atoms with E-state index in [1.807, 2.05) is 19.9 Å². The molecule has 72 valence electrons. The van der Waals surface area contributed by atoms with Gasteiger partial charge in [0.2, 0.25) is 0 Å². The van der Waals surface area contributed by atoms with E-state index in [1.165, 1.54) is 0 Å². The van der Waals surface area contributed by atoms with Crippen molar-refractivity contribution in [3.05, 3.63) is 29.6 Å². The number of nitrogens with zero attached hydrogens (tertiary/aromatic N) is 1. The molecule has 0 aliphatic rings. The lowest BCUT2D eigenvalue weighted by atomic mass is 10.1. The lowest BCUT2D eigenvalue weighted by molar-refractivity contribution is 0.563. The average Bonchev–Trinajstić information content (AvgIpc) is 2.03. The van der Waals surface area contributed by atoms with Gasteiger partial charge in [-0.2, -0.15) is 0 Å². The minimum atomic E-state index is -1.78. The maximum absolute atomic E-state index is 10.6. The van der Waals surface area contributed by atoms with Crippen molar-refractivity contribution < 1.29 is 8.76 Å². The molecule has 3 nitrogen and oxygen atoms in total. The summed E-state index contributed by atoms with van der Waals surface area (Å²) in [6.45, 7) is 4.04. The first-order chi connectivity index (χ1) is 6.11. The zero-order valence-electron chi connectivity index (χ0n) is 7.73. The van der Waals surface area contributed by atoms with E-state index in [9.17, 15) is 4.21 Å². The molecule has 1 N–H and O–H groups in total. The third-order valence-corrected chi connectivity index (χ3v) is 2.31. The van der Waals surface area contributed by atoms with Crippen LogP contribution in [0.4, 0.5) is 0 Å². The Bertz CT molecular complexity index is 312. The molecule has 0 fully saturated rings. The van der Waals surface area contributed by atoms with Gasteiger partial charge in [0.1, 0.15) is 0 Å². The van der Waals surface area contributed by atoms with E-state index in [-0.39, 0.29) is 5.75 Å². The lowest BCUT2D eigenvalue weighted by Gasteiger charge is -2.08. The largest absolute Gasteiger partial charge is 0.306 e. The number of hydrogen-bond donors (Lipinski definition) is 1. The lowest BCUT2D eigenvalue weighted by Crippen LogP contribution is -2.02. The van der Waals surface area contributed by atoms with Crippen molar-refractivity contribution >= 4 is 11.1 Å². The Hall–Kier alpha value is -0.740. The summed E-state index contributed by atoms with van der Waals surface area (Å²) >= 11 is -1.78. The minimum absolute atomic E-state index is 0.168. The van der Waals surface area contributed by atoms with E-state index in [0.29, 0.717) is 5.92 Å². The number of rotatable bonds is 3. The van der Waals surface area contributed by atoms with Gasteiger partial charge in [0.05, 0.1) is 5.75 Å². The molecule has 0 aliphatic heterocycles. The highest BCUT2D eigenvalue weighted by Crippen LogP contribution is 2.17. The fourth-order valence-electron chi connectivity index (χ4n) is 1.23. The summed E-state index contributed by atoms with van der Waals surface area (Å²) in [6.07, 6.45) is 1.71. The Morgan fingerprint density at radius 2 is 2.31 bits per heavy atom. The summed E-state index contributed by atoms with van der Waals surface area (Å²) in [5, 5.41) is 0. The van der Waals surface area contributed by atoms with Crippen LogP contribution in [0.1, 0.15) is 31.0 Å². The Balaban J connectivity index is 2.97. The van der Waals surface area contributed by atoms with E-state index >= 15 is 0 Å². The van der Waals surface area contributed by atoms with Gasteiger partial charge in [0, 0.05) is 11.9 Å². The van der Waals surface area contributed by atoms with Crippen molar-refractivity contribution in [2.45, 2.75) is 25.5 Å². The fourth-order valence-corrected chi connectivity index (χ4v) is 1.74. The number of aromatic nitrogens is 1. The zero-order valence-corrected chi connectivity index (χ0v) is 8.54. The third-order valence-electron chi connectivity index (χ3n) is 1.75. The van der Waals surface area contributed by atoms with Gasteiger partial charge in [-0.3, -0.25) is 4.98 Å². The highest BCUT2D eigenvalue weighted by atomic mass is 32.2. The highest BCUT2D eigenvalue weighted by Gasteiger charge is 2.08. The second kappa shape index (κ2) is 4.48. The van der Waals surface area contributed by atoms with Gasteiger partial charge >= 0.3 is 0 Å². The molecule has 1 unspecified atom stereocenters. The number of pyridine rings is 1. The van der Waals surface area contributed by atoms with Gasteiger partial charge in [0.25, 0.3) is 0 Å². The van der Waals surface area contributed by atoms with Crippen LogP contribution in [0.3, 0.4) is 0 Å². The van der Waals surface area contributed by atoms with Crippen molar-refractivity contribution in [2.24, 2.45) is 0 Å². The molecule has 0 bridgehead atoms. The topological polar surface area (TPSA) is 50.2 Å². The first kappa shape index (κ1) is 10.3. The van der Waals surface area contributed by atoms with Crippen LogP contribution in [0, 0.1) is 0 Å². The third kappa shape index (κ3) is 2.90. The molecule has 13 heavy (non-hydrogen) atoms. The first-order valence-electron chi connectivity index (χ1n) is 4.12. The molecule has 1 heterocycles. The summed E-state index contributed by atoms with van der Waals surface area (Å²) in [5.41, 5.74) is 1.77. The molecular formula is C9H13NO2S. The molecule has 0 spiro atoms. The second-order valence-electron chi connectivity index (χ2n) is 3.17. The van der Waals surface area contributed by atoms with Crippen LogP contribution in [-0.4, -0.2) is 13.7 Å². The molecule has 0 radical (unpaired) electrons. The summed E-state index contributed by atoms with van der Waals surface area (Å²) in [7, 11) is 0. The van der Waals surface area contributed by atoms with Crippen LogP contribution < -0.4 is 0 Å². The van der Waals surface area contributed by atoms with E-state index in [1.54, 1.807) is 12.3 Å².